The minimum absolute atomic E-state index is 0.0432. The maximum atomic E-state index is 12.3. The second-order valence-corrected chi connectivity index (χ2v) is 9.98. The van der Waals surface area contributed by atoms with Gasteiger partial charge in [-0.2, -0.15) is 24.9 Å². The Morgan fingerprint density at radius 3 is 1.86 bits per heavy atom. The minimum Gasteiger partial charge on any atom is -0.493 e. The molecule has 3 rings (SSSR count). The van der Waals surface area contributed by atoms with E-state index in [0.29, 0.717) is 34.6 Å². The maximum absolute atomic E-state index is 12.3. The summed E-state index contributed by atoms with van der Waals surface area (Å²) in [6.45, 7) is 1.01. The molecule has 3 nitrogen and oxygen atoms in total. The van der Waals surface area contributed by atoms with E-state index in [2.05, 4.69) is 0 Å². The molecule has 0 unspecified atom stereocenters. The molecule has 0 N–H and O–H groups in total. The van der Waals surface area contributed by atoms with Crippen molar-refractivity contribution >= 4 is 40.7 Å². The Hall–Kier alpha value is -2.19. The van der Waals surface area contributed by atoms with Crippen molar-refractivity contribution in [2.75, 3.05) is 24.7 Å². The number of benzene rings is 3. The number of carbonyl (C=O) groups is 1. The molecule has 36 heavy (non-hydrogen) atoms. The average molecular weight is 557 g/mol. The molecule has 192 valence electrons. The Morgan fingerprint density at radius 1 is 0.806 bits per heavy atom. The second kappa shape index (κ2) is 13.9. The number of aryl methyl sites for hydroxylation is 1. The van der Waals surface area contributed by atoms with Gasteiger partial charge in [-0.15, -0.1) is 0 Å². The van der Waals surface area contributed by atoms with Gasteiger partial charge in [-0.05, 0) is 59.5 Å². The molecular formula is C27H25Cl2F3O3S. The summed E-state index contributed by atoms with van der Waals surface area (Å²) in [6.07, 6.45) is -5.53. The van der Waals surface area contributed by atoms with Crippen LogP contribution in [0.5, 0.6) is 5.75 Å². The number of halogens is 5. The first kappa shape index (κ1) is 28.4. The number of carbonyl (C=O) groups excluding carboxylic acids is 1. The van der Waals surface area contributed by atoms with Gasteiger partial charge in [-0.3, -0.25) is 4.79 Å². The number of hydrogen-bond acceptors (Lipinski definition) is 4. The van der Waals surface area contributed by atoms with Crippen molar-refractivity contribution < 1.29 is 27.4 Å². The Labute approximate surface area is 222 Å². The molecule has 0 aliphatic rings. The Kier molecular flexibility index (Phi) is 11.0. The van der Waals surface area contributed by atoms with Crippen LogP contribution in [0.25, 0.3) is 0 Å². The van der Waals surface area contributed by atoms with Crippen molar-refractivity contribution in [3.63, 3.8) is 0 Å². The van der Waals surface area contributed by atoms with E-state index >= 15 is 0 Å². The average Bonchev–Trinajstić information content (AvgIpc) is 2.86. The number of Topliss-reactive ketones (excluding diaryl/α,β-unsaturated/α-hetero) is 1. The Morgan fingerprint density at radius 2 is 1.33 bits per heavy atom. The van der Waals surface area contributed by atoms with Gasteiger partial charge in [0.1, 0.15) is 11.9 Å². The zero-order chi connectivity index (χ0) is 26.0. The van der Waals surface area contributed by atoms with Crippen LogP contribution in [-0.2, 0) is 16.0 Å². The van der Waals surface area contributed by atoms with Gasteiger partial charge in [0, 0.05) is 28.0 Å². The smallest absolute Gasteiger partial charge is 0.449 e. The van der Waals surface area contributed by atoms with Crippen molar-refractivity contribution in [3.05, 3.63) is 99.5 Å². The van der Waals surface area contributed by atoms with Crippen molar-refractivity contribution in [2.24, 2.45) is 0 Å². The van der Waals surface area contributed by atoms with E-state index in [4.69, 9.17) is 32.7 Å². The van der Waals surface area contributed by atoms with E-state index in [0.717, 1.165) is 22.6 Å². The predicted molar refractivity (Wildman–Crippen MR) is 139 cm³/mol. The largest absolute Gasteiger partial charge is 0.493 e. The van der Waals surface area contributed by atoms with Gasteiger partial charge in [-0.1, -0.05) is 59.6 Å². The van der Waals surface area contributed by atoms with Crippen molar-refractivity contribution in [1.82, 2.24) is 0 Å². The van der Waals surface area contributed by atoms with Gasteiger partial charge in [-0.25, -0.2) is 0 Å². The first-order chi connectivity index (χ1) is 17.2. The Bertz CT molecular complexity index is 1040. The molecule has 0 spiro atoms. The van der Waals surface area contributed by atoms with E-state index in [-0.39, 0.29) is 12.5 Å². The third-order valence-corrected chi connectivity index (χ3v) is 6.65. The lowest BCUT2D eigenvalue weighted by molar-refractivity contribution is -0.171. The van der Waals surface area contributed by atoms with Crippen LogP contribution in [0, 0.1) is 0 Å². The van der Waals surface area contributed by atoms with Gasteiger partial charge in [0.2, 0.25) is 5.78 Å². The summed E-state index contributed by atoms with van der Waals surface area (Å²) in [5, 5.41) is 1.32. The van der Waals surface area contributed by atoms with E-state index in [1.54, 1.807) is 36.0 Å². The quantitative estimate of drug-likeness (QED) is 0.200. The number of alkyl halides is 3. The van der Waals surface area contributed by atoms with Crippen LogP contribution < -0.4 is 4.74 Å². The first-order valence-electron chi connectivity index (χ1n) is 11.2. The van der Waals surface area contributed by atoms with Crippen LogP contribution >= 0.6 is 35.0 Å². The fourth-order valence-corrected chi connectivity index (χ4v) is 4.23. The van der Waals surface area contributed by atoms with Crippen molar-refractivity contribution in [1.29, 1.82) is 0 Å². The lowest BCUT2D eigenvalue weighted by Crippen LogP contribution is -2.22. The predicted octanol–water partition coefficient (Wildman–Crippen LogP) is 7.98. The third-order valence-electron chi connectivity index (χ3n) is 5.23. The zero-order valence-electron chi connectivity index (χ0n) is 19.3. The Balaban J connectivity index is 1.38. The fraction of sp³-hybridized carbons (Fsp3) is 0.296. The van der Waals surface area contributed by atoms with E-state index < -0.39 is 18.4 Å². The first-order valence-corrected chi connectivity index (χ1v) is 13.2. The summed E-state index contributed by atoms with van der Waals surface area (Å²) in [5.41, 5.74) is 2.66. The highest BCUT2D eigenvalue weighted by Crippen LogP contribution is 2.28. The lowest BCUT2D eigenvalue weighted by Gasteiger charge is -2.19. The molecule has 0 aromatic heterocycles. The molecule has 0 saturated carbocycles. The summed E-state index contributed by atoms with van der Waals surface area (Å²) < 4.78 is 48.8. The number of thioether (sulfide) groups is 1. The van der Waals surface area contributed by atoms with Crippen LogP contribution in [0.4, 0.5) is 13.2 Å². The molecule has 0 aliphatic heterocycles. The van der Waals surface area contributed by atoms with E-state index in [1.807, 2.05) is 48.5 Å². The molecule has 0 aliphatic carbocycles. The van der Waals surface area contributed by atoms with Crippen molar-refractivity contribution in [2.45, 2.75) is 25.1 Å². The van der Waals surface area contributed by atoms with Crippen LogP contribution in [0.3, 0.4) is 0 Å². The topological polar surface area (TPSA) is 35.5 Å². The van der Waals surface area contributed by atoms with Crippen LogP contribution in [0.15, 0.2) is 72.8 Å². The van der Waals surface area contributed by atoms with Crippen LogP contribution in [0.1, 0.15) is 29.2 Å². The summed E-state index contributed by atoms with van der Waals surface area (Å²) in [6, 6.07) is 21.9. The molecule has 9 heteroatoms. The van der Waals surface area contributed by atoms with E-state index in [1.165, 1.54) is 0 Å². The lowest BCUT2D eigenvalue weighted by atomic mass is 10.0. The van der Waals surface area contributed by atoms with Gasteiger partial charge in [0.05, 0.1) is 13.2 Å². The molecule has 0 atom stereocenters. The molecule has 0 bridgehead atoms. The molecular weight excluding hydrogens is 532 g/mol. The maximum Gasteiger partial charge on any atom is 0.449 e. The summed E-state index contributed by atoms with van der Waals surface area (Å²) in [7, 11) is 0. The van der Waals surface area contributed by atoms with Gasteiger partial charge in [0.15, 0.2) is 0 Å². The second-order valence-electron chi connectivity index (χ2n) is 7.88. The normalized spacial score (nSPS) is 11.6. The third kappa shape index (κ3) is 9.36. The number of ketones is 1. The molecule has 0 heterocycles. The minimum atomic E-state index is -4.78. The standard InChI is InChI=1S/C27H25Cl2F3O3S/c28-22-8-4-20(5-9-22)26(21-6-10-23(29)11-7-21)35-16-18-36-17-15-34-24-12-1-19(2-13-24)3-14-25(33)27(30,31)32/h1-2,4-13,26H,3,14-18H2. The molecule has 0 amide bonds. The summed E-state index contributed by atoms with van der Waals surface area (Å²) in [4.78, 5) is 11.0. The van der Waals surface area contributed by atoms with E-state index in [9.17, 15) is 18.0 Å². The SMILES string of the molecule is O=C(CCc1ccc(OCCSCCOC(c2ccc(Cl)cc2)c2ccc(Cl)cc2)cc1)C(F)(F)F. The molecule has 0 saturated heterocycles. The van der Waals surface area contributed by atoms with Gasteiger partial charge < -0.3 is 9.47 Å². The summed E-state index contributed by atoms with van der Waals surface area (Å²) in [5.74, 6) is 0.435. The highest BCUT2D eigenvalue weighted by molar-refractivity contribution is 7.99. The zero-order valence-corrected chi connectivity index (χ0v) is 21.6. The van der Waals surface area contributed by atoms with Gasteiger partial charge in [0.25, 0.3) is 0 Å². The number of ether oxygens (including phenoxy) is 2. The van der Waals surface area contributed by atoms with Crippen LogP contribution in [-0.4, -0.2) is 36.7 Å². The fourth-order valence-electron chi connectivity index (χ4n) is 3.36. The van der Waals surface area contributed by atoms with Crippen LogP contribution in [0.2, 0.25) is 10.0 Å². The molecule has 0 radical (unpaired) electrons. The molecule has 0 fully saturated rings. The summed E-state index contributed by atoms with van der Waals surface area (Å²) >= 11 is 13.7. The number of rotatable bonds is 13. The molecule has 3 aromatic carbocycles. The highest BCUT2D eigenvalue weighted by Gasteiger charge is 2.37. The molecule has 3 aromatic rings. The number of hydrogen-bond donors (Lipinski definition) is 0. The highest BCUT2D eigenvalue weighted by atomic mass is 35.5. The van der Waals surface area contributed by atoms with Gasteiger partial charge >= 0.3 is 6.18 Å². The monoisotopic (exact) mass is 556 g/mol. The van der Waals surface area contributed by atoms with Crippen molar-refractivity contribution in [3.8, 4) is 5.75 Å².